The van der Waals surface area contributed by atoms with E-state index in [2.05, 4.69) is 10.3 Å². The van der Waals surface area contributed by atoms with Crippen molar-refractivity contribution in [1.82, 2.24) is 9.88 Å². The van der Waals surface area contributed by atoms with Crippen LogP contribution in [0.1, 0.15) is 43.6 Å². The van der Waals surface area contributed by atoms with Crippen LogP contribution < -0.4 is 5.32 Å². The summed E-state index contributed by atoms with van der Waals surface area (Å²) in [6.45, 7) is 1.92. The van der Waals surface area contributed by atoms with E-state index < -0.39 is 5.91 Å². The Morgan fingerprint density at radius 1 is 0.897 bits per heavy atom. The molecule has 0 atom stereocenters. The molecule has 3 aromatic rings. The molecule has 0 fully saturated rings. The van der Waals surface area contributed by atoms with Gasteiger partial charge in [-0.3, -0.25) is 19.4 Å². The first kappa shape index (κ1) is 19.9. The molecule has 29 heavy (non-hydrogen) atoms. The summed E-state index contributed by atoms with van der Waals surface area (Å²) in [6, 6.07) is 17.8. The second-order valence-electron chi connectivity index (χ2n) is 6.70. The number of ketones is 1. The number of pyridine rings is 1. The van der Waals surface area contributed by atoms with Gasteiger partial charge in [0.05, 0.1) is 11.1 Å². The molecule has 0 aliphatic heterocycles. The molecule has 0 unspecified atom stereocenters. The summed E-state index contributed by atoms with van der Waals surface area (Å²) in [7, 11) is 1.70. The molecule has 2 aromatic carbocycles. The minimum atomic E-state index is -0.404. The first-order chi connectivity index (χ1) is 13.9. The maximum absolute atomic E-state index is 12.7. The van der Waals surface area contributed by atoms with Gasteiger partial charge in [-0.25, -0.2) is 0 Å². The third-order valence-electron chi connectivity index (χ3n) is 4.38. The Morgan fingerprint density at radius 3 is 2.34 bits per heavy atom. The zero-order valence-corrected chi connectivity index (χ0v) is 16.3. The third kappa shape index (κ3) is 5.13. The van der Waals surface area contributed by atoms with Crippen molar-refractivity contribution >= 4 is 23.3 Å². The van der Waals surface area contributed by atoms with E-state index in [0.717, 1.165) is 5.56 Å². The molecule has 1 heterocycles. The largest absolute Gasteiger partial charge is 0.337 e. The number of anilines is 1. The second-order valence-corrected chi connectivity index (χ2v) is 6.70. The van der Waals surface area contributed by atoms with Gasteiger partial charge in [0.25, 0.3) is 11.8 Å². The lowest BCUT2D eigenvalue weighted by Crippen LogP contribution is -2.26. The van der Waals surface area contributed by atoms with Crippen LogP contribution in [0, 0.1) is 0 Å². The van der Waals surface area contributed by atoms with E-state index in [-0.39, 0.29) is 17.3 Å². The minimum absolute atomic E-state index is 0.0863. The number of aromatic nitrogens is 1. The fourth-order valence-corrected chi connectivity index (χ4v) is 2.85. The van der Waals surface area contributed by atoms with Crippen molar-refractivity contribution in [1.29, 1.82) is 0 Å². The van der Waals surface area contributed by atoms with Gasteiger partial charge in [-0.2, -0.15) is 0 Å². The van der Waals surface area contributed by atoms with Crippen LogP contribution in [-0.4, -0.2) is 34.5 Å². The smallest absolute Gasteiger partial charge is 0.257 e. The molecule has 146 valence electrons. The van der Waals surface area contributed by atoms with E-state index in [9.17, 15) is 14.4 Å². The van der Waals surface area contributed by atoms with Crippen LogP contribution in [0.3, 0.4) is 0 Å². The molecule has 0 saturated heterocycles. The fraction of sp³-hybridized carbons (Fsp3) is 0.130. The molecule has 0 aliphatic rings. The Kier molecular flexibility index (Phi) is 6.14. The van der Waals surface area contributed by atoms with E-state index in [1.165, 1.54) is 25.4 Å². The maximum Gasteiger partial charge on any atom is 0.257 e. The van der Waals surface area contributed by atoms with Gasteiger partial charge in [-0.15, -0.1) is 0 Å². The predicted octanol–water partition coefficient (Wildman–Crippen LogP) is 3.81. The topological polar surface area (TPSA) is 79.4 Å². The fourth-order valence-electron chi connectivity index (χ4n) is 2.85. The molecule has 0 bridgehead atoms. The normalized spacial score (nSPS) is 10.3. The number of amides is 2. The van der Waals surface area contributed by atoms with Crippen LogP contribution in [0.15, 0.2) is 73.1 Å². The zero-order chi connectivity index (χ0) is 20.8. The average molecular weight is 387 g/mol. The number of rotatable bonds is 6. The number of hydrogen-bond donors (Lipinski definition) is 1. The molecule has 0 radical (unpaired) electrons. The zero-order valence-electron chi connectivity index (χ0n) is 16.3. The summed E-state index contributed by atoms with van der Waals surface area (Å²) in [5, 5.41) is 2.73. The maximum atomic E-state index is 12.7. The molecule has 1 aromatic heterocycles. The summed E-state index contributed by atoms with van der Waals surface area (Å²) in [6.07, 6.45) is 2.84. The van der Waals surface area contributed by atoms with Gasteiger partial charge >= 0.3 is 0 Å². The van der Waals surface area contributed by atoms with Crippen LogP contribution in [0.4, 0.5) is 5.69 Å². The lowest BCUT2D eigenvalue weighted by atomic mass is 10.1. The Bertz CT molecular complexity index is 1050. The van der Waals surface area contributed by atoms with Crippen molar-refractivity contribution in [3.8, 4) is 0 Å². The van der Waals surface area contributed by atoms with E-state index in [1.54, 1.807) is 36.2 Å². The molecule has 0 aliphatic carbocycles. The first-order valence-electron chi connectivity index (χ1n) is 9.11. The van der Waals surface area contributed by atoms with Crippen LogP contribution in [-0.2, 0) is 6.54 Å². The molecule has 3 rings (SSSR count). The second kappa shape index (κ2) is 8.93. The molecule has 0 spiro atoms. The van der Waals surface area contributed by atoms with E-state index in [4.69, 9.17) is 0 Å². The number of carbonyl (C=O) groups excluding carboxylic acids is 3. The first-order valence-corrected chi connectivity index (χ1v) is 9.11. The Balaban J connectivity index is 1.73. The van der Waals surface area contributed by atoms with Gasteiger partial charge in [0.1, 0.15) is 0 Å². The van der Waals surface area contributed by atoms with Gasteiger partial charge in [0.15, 0.2) is 5.78 Å². The van der Waals surface area contributed by atoms with Gasteiger partial charge in [0, 0.05) is 37.2 Å². The standard InChI is InChI=1S/C23H21N3O3/c1-16(27)18-9-6-10-21(12-18)25-22(28)19-11-20(14-24-13-19)23(29)26(2)15-17-7-4-3-5-8-17/h3-14H,15H2,1-2H3,(H,25,28). The van der Waals surface area contributed by atoms with Crippen LogP contribution >= 0.6 is 0 Å². The molecular weight excluding hydrogens is 366 g/mol. The number of carbonyl (C=O) groups is 3. The Hall–Kier alpha value is -3.80. The molecule has 1 N–H and O–H groups in total. The van der Waals surface area contributed by atoms with Gasteiger partial charge < -0.3 is 10.2 Å². The summed E-state index contributed by atoms with van der Waals surface area (Å²) < 4.78 is 0. The van der Waals surface area contributed by atoms with E-state index >= 15 is 0 Å². The van der Waals surface area contributed by atoms with E-state index in [1.807, 2.05) is 30.3 Å². The van der Waals surface area contributed by atoms with Crippen LogP contribution in [0.25, 0.3) is 0 Å². The number of hydrogen-bond acceptors (Lipinski definition) is 4. The predicted molar refractivity (Wildman–Crippen MR) is 111 cm³/mol. The number of nitrogens with zero attached hydrogens (tertiary/aromatic N) is 2. The van der Waals surface area contributed by atoms with Gasteiger partial charge in [0.2, 0.25) is 0 Å². The highest BCUT2D eigenvalue weighted by molar-refractivity contribution is 6.06. The van der Waals surface area contributed by atoms with Crippen molar-refractivity contribution in [2.45, 2.75) is 13.5 Å². The van der Waals surface area contributed by atoms with Crippen LogP contribution in [0.5, 0.6) is 0 Å². The summed E-state index contributed by atoms with van der Waals surface area (Å²) in [5.74, 6) is -0.718. The minimum Gasteiger partial charge on any atom is -0.337 e. The SMILES string of the molecule is CC(=O)c1cccc(NC(=O)c2cncc(C(=O)N(C)Cc3ccccc3)c2)c1. The van der Waals surface area contributed by atoms with Crippen molar-refractivity contribution in [3.63, 3.8) is 0 Å². The highest BCUT2D eigenvalue weighted by atomic mass is 16.2. The van der Waals surface area contributed by atoms with Crippen molar-refractivity contribution in [3.05, 3.63) is 95.3 Å². The third-order valence-corrected chi connectivity index (χ3v) is 4.38. The summed E-state index contributed by atoms with van der Waals surface area (Å²) in [4.78, 5) is 42.4. The quantitative estimate of drug-likeness (QED) is 0.653. The molecule has 6 nitrogen and oxygen atoms in total. The molecule has 2 amide bonds. The molecule has 6 heteroatoms. The Morgan fingerprint density at radius 2 is 1.62 bits per heavy atom. The summed E-state index contributed by atoms with van der Waals surface area (Å²) in [5.41, 5.74) is 2.61. The lowest BCUT2D eigenvalue weighted by molar-refractivity contribution is 0.0784. The summed E-state index contributed by atoms with van der Waals surface area (Å²) >= 11 is 0. The highest BCUT2D eigenvalue weighted by Crippen LogP contribution is 2.14. The lowest BCUT2D eigenvalue weighted by Gasteiger charge is -2.17. The van der Waals surface area contributed by atoms with E-state index in [0.29, 0.717) is 23.4 Å². The highest BCUT2D eigenvalue weighted by Gasteiger charge is 2.15. The van der Waals surface area contributed by atoms with Crippen LogP contribution in [0.2, 0.25) is 0 Å². The average Bonchev–Trinajstić information content (AvgIpc) is 2.74. The number of benzene rings is 2. The molecule has 0 saturated carbocycles. The van der Waals surface area contributed by atoms with Gasteiger partial charge in [-0.1, -0.05) is 42.5 Å². The molecular formula is C23H21N3O3. The van der Waals surface area contributed by atoms with Gasteiger partial charge in [-0.05, 0) is 30.7 Å². The Labute approximate surface area is 169 Å². The van der Waals surface area contributed by atoms with Crippen molar-refractivity contribution in [2.75, 3.05) is 12.4 Å². The number of nitrogens with one attached hydrogen (secondary N) is 1. The van der Waals surface area contributed by atoms with Crippen molar-refractivity contribution < 1.29 is 14.4 Å². The monoisotopic (exact) mass is 387 g/mol. The van der Waals surface area contributed by atoms with Crippen molar-refractivity contribution in [2.24, 2.45) is 0 Å². The number of Topliss-reactive ketones (excluding diaryl/α,β-unsaturated/α-hetero) is 1.